The number of nitrogens with one attached hydrogen (secondary N) is 3. The molecule has 7 N–H and O–H groups in total. The van der Waals surface area contributed by atoms with Crippen LogP contribution in [-0.2, 0) is 42.6 Å². The van der Waals surface area contributed by atoms with Crippen molar-refractivity contribution in [3.8, 4) is 0 Å². The van der Waals surface area contributed by atoms with Crippen LogP contribution < -0.4 is 21.7 Å². The largest absolute Gasteiger partial charge is 0.478 e. The smallest absolute Gasteiger partial charge is 0.362 e. The van der Waals surface area contributed by atoms with E-state index in [0.29, 0.717) is 12.2 Å². The molecule has 20 heteroatoms. The van der Waals surface area contributed by atoms with E-state index in [-0.39, 0.29) is 34.5 Å². The lowest BCUT2D eigenvalue weighted by Gasteiger charge is -2.43. The van der Waals surface area contributed by atoms with Crippen LogP contribution in [0.1, 0.15) is 30.7 Å². The Morgan fingerprint density at radius 2 is 2.10 bits per heavy atom. The van der Waals surface area contributed by atoms with E-state index in [9.17, 15) is 32.5 Å². The molecule has 40 heavy (non-hydrogen) atoms. The summed E-state index contributed by atoms with van der Waals surface area (Å²) in [6.45, 7) is 1.67. The van der Waals surface area contributed by atoms with Crippen molar-refractivity contribution in [3.63, 3.8) is 0 Å². The summed E-state index contributed by atoms with van der Waals surface area (Å²) in [5.41, 5.74) is 4.11. The van der Waals surface area contributed by atoms with Crippen LogP contribution in [0.5, 0.6) is 0 Å². The van der Waals surface area contributed by atoms with Crippen molar-refractivity contribution in [3.05, 3.63) is 23.0 Å². The summed E-state index contributed by atoms with van der Waals surface area (Å²) in [4.78, 5) is 47.6. The minimum Gasteiger partial charge on any atom is -0.478 e. The van der Waals surface area contributed by atoms with Gasteiger partial charge in [0.15, 0.2) is 10.8 Å². The fourth-order valence-electron chi connectivity index (χ4n) is 3.82. The van der Waals surface area contributed by atoms with Gasteiger partial charge in [0.05, 0.1) is 18.4 Å². The van der Waals surface area contributed by atoms with Crippen LogP contribution in [0.3, 0.4) is 0 Å². The van der Waals surface area contributed by atoms with Crippen LogP contribution >= 0.6 is 11.3 Å². The minimum atomic E-state index is -4.97. The van der Waals surface area contributed by atoms with Crippen molar-refractivity contribution in [2.24, 2.45) is 5.16 Å². The van der Waals surface area contributed by atoms with Gasteiger partial charge >= 0.3 is 16.3 Å². The molecule has 0 radical (unpaired) electrons. The molecule has 2 aromatic rings. The highest BCUT2D eigenvalue weighted by Crippen LogP contribution is 2.40. The van der Waals surface area contributed by atoms with Crippen molar-refractivity contribution >= 4 is 50.3 Å². The lowest BCUT2D eigenvalue weighted by molar-refractivity contribution is -0.153. The predicted octanol–water partition coefficient (Wildman–Crippen LogP) is -2.45. The second-order valence-electron chi connectivity index (χ2n) is 9.06. The van der Waals surface area contributed by atoms with E-state index in [1.54, 1.807) is 0 Å². The zero-order valence-electron chi connectivity index (χ0n) is 21.2. The number of nitrogens with two attached hydrogens (primary N) is 1. The molecule has 1 saturated heterocycles. The zero-order chi connectivity index (χ0) is 29.1. The van der Waals surface area contributed by atoms with E-state index in [1.165, 1.54) is 11.6 Å². The summed E-state index contributed by atoms with van der Waals surface area (Å²) in [5, 5.41) is 31.4. The Balaban J connectivity index is 1.49. The van der Waals surface area contributed by atoms with Gasteiger partial charge in [-0.1, -0.05) is 5.16 Å². The van der Waals surface area contributed by atoms with Gasteiger partial charge in [0, 0.05) is 24.8 Å². The number of nitrogen functional groups attached to an aromatic ring is 1. The third kappa shape index (κ3) is 6.53. The molecule has 3 heterocycles. The zero-order valence-corrected chi connectivity index (χ0v) is 22.8. The number of thiazole rings is 1. The lowest BCUT2D eigenvalue weighted by atomic mass is 9.98. The molecule has 2 aromatic heterocycles. The number of carbonyl (C=O) groups excluding carboxylic acids is 2. The van der Waals surface area contributed by atoms with Gasteiger partial charge in [-0.15, -0.1) is 11.3 Å². The number of hydrogen-bond acceptors (Lipinski definition) is 14. The first-order chi connectivity index (χ1) is 18.9. The highest BCUT2D eigenvalue weighted by molar-refractivity contribution is 7.84. The van der Waals surface area contributed by atoms with E-state index in [2.05, 4.69) is 36.3 Å². The maximum atomic E-state index is 13.2. The van der Waals surface area contributed by atoms with Crippen molar-refractivity contribution in [1.29, 1.82) is 0 Å². The Morgan fingerprint density at radius 1 is 1.35 bits per heavy atom. The molecule has 1 aliphatic heterocycles. The average Bonchev–Trinajstić information content (AvgIpc) is 3.36. The van der Waals surface area contributed by atoms with Crippen LogP contribution in [0.25, 0.3) is 0 Å². The van der Waals surface area contributed by atoms with Gasteiger partial charge in [-0.2, -0.15) is 23.4 Å². The molecule has 0 spiro atoms. The number of amides is 2. The van der Waals surface area contributed by atoms with E-state index < -0.39 is 51.5 Å². The molecule has 0 aromatic carbocycles. The highest BCUT2D eigenvalue weighted by atomic mass is 32.2. The number of rotatable bonds is 15. The molecule has 2 fully saturated rings. The summed E-state index contributed by atoms with van der Waals surface area (Å²) in [6.07, 6.45) is 2.70. The Hall–Kier alpha value is -3.72. The van der Waals surface area contributed by atoms with E-state index in [0.717, 1.165) is 35.6 Å². The third-order valence-electron chi connectivity index (χ3n) is 6.11. The van der Waals surface area contributed by atoms with E-state index in [1.807, 2.05) is 7.05 Å². The fourth-order valence-corrected chi connectivity index (χ4v) is 5.24. The average molecular weight is 601 g/mol. The Morgan fingerprint density at radius 3 is 2.70 bits per heavy atom. The predicted molar refractivity (Wildman–Crippen MR) is 138 cm³/mol. The number of β-lactam (4-membered cyclic amide) rings is 1. The maximum Gasteiger partial charge on any atom is 0.362 e. The third-order valence-corrected chi connectivity index (χ3v) is 7.73. The monoisotopic (exact) mass is 600 g/mol. The first kappa shape index (κ1) is 29.3. The second kappa shape index (κ2) is 11.8. The molecule has 1 aliphatic carbocycles. The number of aliphatic carboxylic acids is 1. The van der Waals surface area contributed by atoms with Crippen molar-refractivity contribution in [1.82, 2.24) is 40.2 Å². The Bertz CT molecular complexity index is 1400. The normalized spacial score (nSPS) is 20.2. The van der Waals surface area contributed by atoms with E-state index >= 15 is 0 Å². The van der Waals surface area contributed by atoms with Crippen molar-refractivity contribution < 1.29 is 37.3 Å². The minimum absolute atomic E-state index is 0.0447. The van der Waals surface area contributed by atoms with Gasteiger partial charge in [0.25, 0.3) is 11.8 Å². The van der Waals surface area contributed by atoms with Gasteiger partial charge in [0.1, 0.15) is 17.8 Å². The molecule has 18 nitrogen and oxygen atoms in total. The Kier molecular flexibility index (Phi) is 8.63. The van der Waals surface area contributed by atoms with Gasteiger partial charge in [0.2, 0.25) is 5.60 Å². The first-order valence-corrected chi connectivity index (χ1v) is 14.3. The highest BCUT2D eigenvalue weighted by Gasteiger charge is 2.56. The van der Waals surface area contributed by atoms with Crippen molar-refractivity contribution in [2.75, 3.05) is 25.9 Å². The lowest BCUT2D eigenvalue weighted by Crippen LogP contribution is -2.73. The number of oxime groups is 1. The van der Waals surface area contributed by atoms with Gasteiger partial charge < -0.3 is 31.6 Å². The molecule has 218 valence electrons. The molecule has 0 bridgehead atoms. The number of carbonyl (C=O) groups is 3. The quantitative estimate of drug-likeness (QED) is 0.0408. The molecule has 1 saturated carbocycles. The van der Waals surface area contributed by atoms with Crippen LogP contribution in [0, 0.1) is 0 Å². The molecule has 2 aliphatic rings. The molecule has 2 atom stereocenters. The van der Waals surface area contributed by atoms with Gasteiger partial charge in [-0.05, 0) is 26.6 Å². The summed E-state index contributed by atoms with van der Waals surface area (Å²) in [7, 11) is -3.12. The van der Waals surface area contributed by atoms with Gasteiger partial charge in [-0.25, -0.2) is 14.1 Å². The molecule has 0 unspecified atom stereocenters. The maximum absolute atomic E-state index is 13.2. The summed E-state index contributed by atoms with van der Waals surface area (Å²) in [6, 6.07) is -2.72. The molecular weight excluding hydrogens is 572 g/mol. The SMILES string of the molecule is CNCCCNCc1cnn(C[C@@H]2[C@H](NC(=O)/C(=N\OC3(C(=O)O)CC3)c3csc(N)n3)C(=O)N2S(=O)(=O)O)n1. The second-order valence-corrected chi connectivity index (χ2v) is 11.2. The van der Waals surface area contributed by atoms with Gasteiger partial charge in [-0.3, -0.25) is 14.1 Å². The summed E-state index contributed by atoms with van der Waals surface area (Å²) in [5.74, 6) is -3.38. The van der Waals surface area contributed by atoms with Crippen LogP contribution in [0.4, 0.5) is 5.13 Å². The van der Waals surface area contributed by atoms with Crippen LogP contribution in [0.15, 0.2) is 16.7 Å². The topological polar surface area (TPSA) is 256 Å². The Labute approximate surface area is 231 Å². The molecule has 2 amide bonds. The molecule has 4 rings (SSSR count). The summed E-state index contributed by atoms with van der Waals surface area (Å²) >= 11 is 0.981. The first-order valence-electron chi connectivity index (χ1n) is 12.0. The number of carboxylic acid groups (broad SMARTS) is 1. The van der Waals surface area contributed by atoms with E-state index in [4.69, 9.17) is 10.6 Å². The number of anilines is 1. The van der Waals surface area contributed by atoms with Crippen LogP contribution in [-0.4, -0.2) is 104 Å². The number of aromatic nitrogens is 4. The fraction of sp³-hybridized carbons (Fsp3) is 0.550. The standard InChI is InChI=1S/C20H28N10O8S2/c1-22-5-2-6-23-7-11-8-24-29(27-11)9-13-15(17(32)30(13)40(35,36)37)26-16(31)14(12-10-39-19(21)25-12)28-38-20(3-4-20)18(33)34/h8,10,13,15,22-23H,2-7,9H2,1H3,(H2,21,25)(H,26,31)(H,33,34)(H,35,36,37)/b28-14-/t13-,15+/m1/s1. The number of nitrogens with zero attached hydrogens (tertiary/aromatic N) is 6. The summed E-state index contributed by atoms with van der Waals surface area (Å²) < 4.78 is 33.6. The number of hydrogen-bond donors (Lipinski definition) is 6. The molecular formula is C20H28N10O8S2. The van der Waals surface area contributed by atoms with Crippen LogP contribution in [0.2, 0.25) is 0 Å². The van der Waals surface area contributed by atoms with Crippen molar-refractivity contribution in [2.45, 2.75) is 50.0 Å². The number of carboxylic acids is 1.